The number of carboxylic acids is 1. The van der Waals surface area contributed by atoms with Crippen LogP contribution in [0.25, 0.3) is 0 Å². The monoisotopic (exact) mass is 485 g/mol. The summed E-state index contributed by atoms with van der Waals surface area (Å²) in [5.74, 6) is 0.694. The van der Waals surface area contributed by atoms with E-state index in [9.17, 15) is 9.90 Å². The van der Waals surface area contributed by atoms with Crippen molar-refractivity contribution in [2.75, 3.05) is 17.2 Å². The average molecular weight is 486 g/mol. The maximum absolute atomic E-state index is 11.3. The van der Waals surface area contributed by atoms with E-state index in [0.29, 0.717) is 17.4 Å². The van der Waals surface area contributed by atoms with Gasteiger partial charge in [0.1, 0.15) is 11.6 Å². The van der Waals surface area contributed by atoms with Gasteiger partial charge in [-0.1, -0.05) is 23.7 Å². The van der Waals surface area contributed by atoms with Crippen molar-refractivity contribution >= 4 is 52.4 Å². The quantitative estimate of drug-likeness (QED) is 0.308. The van der Waals surface area contributed by atoms with Gasteiger partial charge in [-0.2, -0.15) is 4.98 Å². The second kappa shape index (κ2) is 11.4. The molecule has 2 aromatic carbocycles. The molecule has 0 amide bonds. The Morgan fingerprint density at radius 1 is 1.15 bits per heavy atom. The highest BCUT2D eigenvalue weighted by molar-refractivity contribution is 7.80. The summed E-state index contributed by atoms with van der Waals surface area (Å²) in [5, 5.41) is 19.2. The third kappa shape index (κ3) is 7.58. The smallest absolute Gasteiger partial charge is 0.305 e. The molecule has 0 spiro atoms. The van der Waals surface area contributed by atoms with E-state index in [2.05, 4.69) is 25.9 Å². The van der Waals surface area contributed by atoms with Gasteiger partial charge in [0.25, 0.3) is 0 Å². The molecule has 0 aliphatic carbocycles. The molecule has 4 N–H and O–H groups in total. The van der Waals surface area contributed by atoms with Crippen LogP contribution in [0.2, 0.25) is 5.02 Å². The number of rotatable bonds is 9. The minimum atomic E-state index is -0.959. The number of benzene rings is 2. The lowest BCUT2D eigenvalue weighted by atomic mass is 10.0. The summed E-state index contributed by atoms with van der Waals surface area (Å²) < 4.78 is 5.46. The van der Waals surface area contributed by atoms with Gasteiger partial charge < -0.3 is 25.8 Å². The molecule has 0 saturated heterocycles. The lowest BCUT2D eigenvalue weighted by molar-refractivity contribution is -0.137. The summed E-state index contributed by atoms with van der Waals surface area (Å²) in [4.78, 5) is 20.2. The lowest BCUT2D eigenvalue weighted by Crippen LogP contribution is -2.34. The van der Waals surface area contributed by atoms with Crippen LogP contribution in [0, 0.1) is 6.92 Å². The van der Waals surface area contributed by atoms with Gasteiger partial charge in [0, 0.05) is 22.5 Å². The predicted octanol–water partition coefficient (Wildman–Crippen LogP) is 5.08. The number of carboxylic acid groups (broad SMARTS) is 1. The molecule has 8 nitrogen and oxygen atoms in total. The molecule has 33 heavy (non-hydrogen) atoms. The van der Waals surface area contributed by atoms with Crippen LogP contribution in [0.4, 0.5) is 17.5 Å². The highest BCUT2D eigenvalue weighted by Gasteiger charge is 2.17. The fraction of sp³-hybridized carbons (Fsp3) is 0.217. The third-order valence-electron chi connectivity index (χ3n) is 4.47. The van der Waals surface area contributed by atoms with Crippen LogP contribution in [-0.4, -0.2) is 32.8 Å². The summed E-state index contributed by atoms with van der Waals surface area (Å²) in [6.07, 6.45) is -0.164. The Kier molecular flexibility index (Phi) is 8.39. The first-order valence-corrected chi connectivity index (χ1v) is 11.0. The summed E-state index contributed by atoms with van der Waals surface area (Å²) in [7, 11) is 0. The number of hydrogen-bond donors (Lipinski definition) is 4. The number of nitrogens with one attached hydrogen (secondary N) is 3. The van der Waals surface area contributed by atoms with Crippen molar-refractivity contribution in [2.45, 2.75) is 26.3 Å². The Hall–Kier alpha value is -3.43. The molecule has 172 valence electrons. The van der Waals surface area contributed by atoms with E-state index < -0.39 is 12.0 Å². The SMILES string of the molecule is CCOc1ccc(Nc2cc(C)nc(NC(=S)NC(CC(=O)O)c3ccc(Cl)cc3)n2)cc1. The second-order valence-electron chi connectivity index (χ2n) is 7.10. The molecule has 3 aromatic rings. The van der Waals surface area contributed by atoms with E-state index in [1.54, 1.807) is 30.3 Å². The summed E-state index contributed by atoms with van der Waals surface area (Å²) >= 11 is 11.3. The van der Waals surface area contributed by atoms with Crippen LogP contribution < -0.4 is 20.7 Å². The second-order valence-corrected chi connectivity index (χ2v) is 7.95. The van der Waals surface area contributed by atoms with Gasteiger partial charge >= 0.3 is 5.97 Å². The Morgan fingerprint density at radius 3 is 2.48 bits per heavy atom. The van der Waals surface area contributed by atoms with Crippen LogP contribution in [-0.2, 0) is 4.79 Å². The predicted molar refractivity (Wildman–Crippen MR) is 133 cm³/mol. The van der Waals surface area contributed by atoms with Crippen molar-refractivity contribution in [2.24, 2.45) is 0 Å². The minimum absolute atomic E-state index is 0.164. The Labute approximate surface area is 202 Å². The number of carbonyl (C=O) groups is 1. The fourth-order valence-corrected chi connectivity index (χ4v) is 3.41. The number of ether oxygens (including phenoxy) is 1. The fourth-order valence-electron chi connectivity index (χ4n) is 3.06. The molecule has 0 radical (unpaired) electrons. The van der Waals surface area contributed by atoms with E-state index in [-0.39, 0.29) is 17.5 Å². The maximum Gasteiger partial charge on any atom is 0.305 e. The van der Waals surface area contributed by atoms with Gasteiger partial charge in [-0.25, -0.2) is 4.98 Å². The van der Waals surface area contributed by atoms with Crippen molar-refractivity contribution in [3.63, 3.8) is 0 Å². The molecule has 1 aromatic heterocycles. The van der Waals surface area contributed by atoms with Gasteiger partial charge in [0.15, 0.2) is 5.11 Å². The molecular formula is C23H24ClN5O3S. The lowest BCUT2D eigenvalue weighted by Gasteiger charge is -2.20. The van der Waals surface area contributed by atoms with E-state index >= 15 is 0 Å². The Bertz CT molecular complexity index is 1110. The molecular weight excluding hydrogens is 462 g/mol. The molecule has 0 fully saturated rings. The molecule has 0 bridgehead atoms. The number of hydrogen-bond acceptors (Lipinski definition) is 6. The van der Waals surface area contributed by atoms with Gasteiger partial charge in [0.05, 0.1) is 19.1 Å². The first kappa shape index (κ1) is 24.2. The normalized spacial score (nSPS) is 11.4. The summed E-state index contributed by atoms with van der Waals surface area (Å²) in [6, 6.07) is 15.7. The number of aryl methyl sites for hydroxylation is 1. The Morgan fingerprint density at radius 2 is 1.85 bits per heavy atom. The van der Waals surface area contributed by atoms with Gasteiger partial charge in [0.2, 0.25) is 5.95 Å². The van der Waals surface area contributed by atoms with Crippen molar-refractivity contribution in [3.8, 4) is 5.75 Å². The number of thiocarbonyl (C=S) groups is 1. The Balaban J connectivity index is 1.69. The standard InChI is InChI=1S/C23H24ClN5O3S/c1-3-32-18-10-8-17(9-11-18)26-20-12-14(2)25-22(28-20)29-23(33)27-19(13-21(30)31)15-4-6-16(24)7-5-15/h4-12,19H,3,13H2,1-2H3,(H,30,31)(H3,25,26,27,28,29,33). The van der Waals surface area contributed by atoms with Gasteiger partial charge in [-0.15, -0.1) is 0 Å². The molecule has 0 saturated carbocycles. The molecule has 1 unspecified atom stereocenters. The molecule has 0 aliphatic heterocycles. The van der Waals surface area contributed by atoms with E-state index in [1.165, 1.54) is 0 Å². The van der Waals surface area contributed by atoms with E-state index in [4.69, 9.17) is 28.6 Å². The van der Waals surface area contributed by atoms with Gasteiger partial charge in [-0.05, 0) is 68.0 Å². The van der Waals surface area contributed by atoms with Crippen LogP contribution >= 0.6 is 23.8 Å². The van der Waals surface area contributed by atoms with Crippen LogP contribution in [0.1, 0.15) is 30.6 Å². The number of anilines is 3. The number of aromatic nitrogens is 2. The number of aliphatic carboxylic acids is 1. The zero-order chi connectivity index (χ0) is 23.8. The molecule has 10 heteroatoms. The van der Waals surface area contributed by atoms with E-state index in [0.717, 1.165) is 22.7 Å². The van der Waals surface area contributed by atoms with E-state index in [1.807, 2.05) is 38.1 Å². The maximum atomic E-state index is 11.3. The zero-order valence-corrected chi connectivity index (χ0v) is 19.7. The van der Waals surface area contributed by atoms with Gasteiger partial charge in [-0.3, -0.25) is 4.79 Å². The topological polar surface area (TPSA) is 108 Å². The van der Waals surface area contributed by atoms with Crippen molar-refractivity contribution in [1.29, 1.82) is 0 Å². The summed E-state index contributed by atoms with van der Waals surface area (Å²) in [6.45, 7) is 4.38. The van der Waals surface area contributed by atoms with Crippen LogP contribution in [0.5, 0.6) is 5.75 Å². The molecule has 3 rings (SSSR count). The van der Waals surface area contributed by atoms with Crippen LogP contribution in [0.3, 0.4) is 0 Å². The average Bonchev–Trinajstić information content (AvgIpc) is 2.74. The number of halogens is 1. The van der Waals surface area contributed by atoms with Crippen LogP contribution in [0.15, 0.2) is 54.6 Å². The number of nitrogens with zero attached hydrogens (tertiary/aromatic N) is 2. The van der Waals surface area contributed by atoms with Crippen molar-refractivity contribution in [1.82, 2.24) is 15.3 Å². The molecule has 0 aliphatic rings. The minimum Gasteiger partial charge on any atom is -0.494 e. The summed E-state index contributed by atoms with van der Waals surface area (Å²) in [5.41, 5.74) is 2.31. The largest absolute Gasteiger partial charge is 0.494 e. The highest BCUT2D eigenvalue weighted by Crippen LogP contribution is 2.22. The molecule has 1 heterocycles. The molecule has 1 atom stereocenters. The first-order valence-electron chi connectivity index (χ1n) is 10.2. The zero-order valence-electron chi connectivity index (χ0n) is 18.1. The third-order valence-corrected chi connectivity index (χ3v) is 4.95. The first-order chi connectivity index (χ1) is 15.8. The van der Waals surface area contributed by atoms with Crippen molar-refractivity contribution < 1.29 is 14.6 Å². The van der Waals surface area contributed by atoms with Crippen molar-refractivity contribution in [3.05, 3.63) is 70.9 Å². The highest BCUT2D eigenvalue weighted by atomic mass is 35.5.